The number of hydrogen-bond acceptors (Lipinski definition) is 4. The summed E-state index contributed by atoms with van der Waals surface area (Å²) in [4.78, 5) is 11.9. The summed E-state index contributed by atoms with van der Waals surface area (Å²) in [7, 11) is 3.07. The van der Waals surface area contributed by atoms with Crippen LogP contribution >= 0.6 is 0 Å². The van der Waals surface area contributed by atoms with E-state index in [9.17, 15) is 4.79 Å². The Hall–Kier alpha value is -1.75. The molecule has 0 fully saturated rings. The monoisotopic (exact) mass is 253 g/mol. The first-order valence-electron chi connectivity index (χ1n) is 5.84. The van der Waals surface area contributed by atoms with Gasteiger partial charge in [-0.3, -0.25) is 4.79 Å². The molecule has 0 aliphatic heterocycles. The lowest BCUT2D eigenvalue weighted by Gasteiger charge is -2.10. The topological polar surface area (TPSA) is 67.8 Å². The molecular formula is C13H19NO4. The number of benzene rings is 1. The Labute approximate surface area is 107 Å². The number of aliphatic hydroxyl groups is 1. The third-order valence-electron chi connectivity index (χ3n) is 2.52. The third kappa shape index (κ3) is 3.92. The number of methoxy groups -OCH3 is 2. The van der Waals surface area contributed by atoms with Gasteiger partial charge in [-0.15, -0.1) is 0 Å². The predicted octanol–water partition coefficient (Wildman–Crippen LogP) is 1.21. The number of carbonyl (C=O) groups is 1. The van der Waals surface area contributed by atoms with E-state index in [1.165, 1.54) is 7.11 Å². The van der Waals surface area contributed by atoms with Crippen molar-refractivity contribution in [1.82, 2.24) is 5.32 Å². The van der Waals surface area contributed by atoms with Gasteiger partial charge >= 0.3 is 0 Å². The Morgan fingerprint density at radius 3 is 2.67 bits per heavy atom. The minimum Gasteiger partial charge on any atom is -0.497 e. The molecule has 0 bridgehead atoms. The summed E-state index contributed by atoms with van der Waals surface area (Å²) in [5.74, 6) is 0.935. The van der Waals surface area contributed by atoms with E-state index in [-0.39, 0.29) is 12.5 Å². The molecular weight excluding hydrogens is 234 g/mol. The molecule has 0 aromatic heterocycles. The van der Waals surface area contributed by atoms with Gasteiger partial charge in [0.25, 0.3) is 5.91 Å². The molecule has 0 radical (unpaired) electrons. The van der Waals surface area contributed by atoms with Gasteiger partial charge in [-0.25, -0.2) is 0 Å². The average Bonchev–Trinajstić information content (AvgIpc) is 2.42. The fourth-order valence-corrected chi connectivity index (χ4v) is 1.52. The molecule has 0 saturated heterocycles. The van der Waals surface area contributed by atoms with Gasteiger partial charge in [0.2, 0.25) is 0 Å². The molecule has 0 atom stereocenters. The summed E-state index contributed by atoms with van der Waals surface area (Å²) in [6, 6.07) is 5.05. The number of aliphatic hydroxyl groups excluding tert-OH is 1. The zero-order chi connectivity index (χ0) is 13.4. The van der Waals surface area contributed by atoms with E-state index in [0.29, 0.717) is 30.0 Å². The lowest BCUT2D eigenvalue weighted by atomic mass is 10.1. The molecule has 0 aliphatic rings. The highest BCUT2D eigenvalue weighted by Crippen LogP contribution is 2.24. The Bertz CT molecular complexity index is 393. The van der Waals surface area contributed by atoms with Crippen LogP contribution in [0.2, 0.25) is 0 Å². The van der Waals surface area contributed by atoms with Gasteiger partial charge in [0.05, 0.1) is 19.8 Å². The number of amides is 1. The lowest BCUT2D eigenvalue weighted by Crippen LogP contribution is -2.25. The summed E-state index contributed by atoms with van der Waals surface area (Å²) < 4.78 is 10.2. The van der Waals surface area contributed by atoms with Gasteiger partial charge < -0.3 is 19.9 Å². The molecule has 0 unspecified atom stereocenters. The number of carbonyl (C=O) groups excluding carboxylic acids is 1. The van der Waals surface area contributed by atoms with Crippen LogP contribution in [0.15, 0.2) is 18.2 Å². The Morgan fingerprint density at radius 2 is 2.06 bits per heavy atom. The summed E-state index contributed by atoms with van der Waals surface area (Å²) in [5, 5.41) is 11.4. The first-order chi connectivity index (χ1) is 8.72. The number of hydrogen-bond donors (Lipinski definition) is 2. The molecule has 5 heteroatoms. The second-order valence-electron chi connectivity index (χ2n) is 3.75. The zero-order valence-corrected chi connectivity index (χ0v) is 10.7. The van der Waals surface area contributed by atoms with Gasteiger partial charge in [-0.05, 0) is 25.0 Å². The van der Waals surface area contributed by atoms with Crippen molar-refractivity contribution in [3.8, 4) is 11.5 Å². The number of unbranched alkanes of at least 4 members (excludes halogenated alkanes) is 1. The summed E-state index contributed by atoms with van der Waals surface area (Å²) in [6.07, 6.45) is 1.43. The lowest BCUT2D eigenvalue weighted by molar-refractivity contribution is 0.0949. The molecule has 1 aromatic rings. The first kappa shape index (κ1) is 14.3. The molecule has 100 valence electrons. The van der Waals surface area contributed by atoms with E-state index in [0.717, 1.165) is 6.42 Å². The molecule has 1 rings (SSSR count). The van der Waals surface area contributed by atoms with Gasteiger partial charge in [-0.2, -0.15) is 0 Å². The molecule has 1 amide bonds. The van der Waals surface area contributed by atoms with Crippen LogP contribution in [-0.2, 0) is 0 Å². The van der Waals surface area contributed by atoms with Gasteiger partial charge in [0, 0.05) is 19.2 Å². The van der Waals surface area contributed by atoms with E-state index in [1.807, 2.05) is 0 Å². The van der Waals surface area contributed by atoms with Crippen molar-refractivity contribution in [2.24, 2.45) is 0 Å². The van der Waals surface area contributed by atoms with Crippen molar-refractivity contribution >= 4 is 5.91 Å². The first-order valence-corrected chi connectivity index (χ1v) is 5.84. The van der Waals surface area contributed by atoms with Gasteiger partial charge in [0.1, 0.15) is 11.5 Å². The fraction of sp³-hybridized carbons (Fsp3) is 0.462. The maximum atomic E-state index is 11.9. The van der Waals surface area contributed by atoms with E-state index in [2.05, 4.69) is 5.32 Å². The van der Waals surface area contributed by atoms with Crippen LogP contribution in [0.25, 0.3) is 0 Å². The van der Waals surface area contributed by atoms with E-state index >= 15 is 0 Å². The van der Waals surface area contributed by atoms with E-state index in [1.54, 1.807) is 25.3 Å². The molecule has 2 N–H and O–H groups in total. The molecule has 0 spiro atoms. The Kier molecular flexibility index (Phi) is 6.00. The smallest absolute Gasteiger partial charge is 0.255 e. The van der Waals surface area contributed by atoms with Gasteiger partial charge in [-0.1, -0.05) is 0 Å². The van der Waals surface area contributed by atoms with Crippen LogP contribution in [0.3, 0.4) is 0 Å². The van der Waals surface area contributed by atoms with E-state index < -0.39 is 0 Å². The predicted molar refractivity (Wildman–Crippen MR) is 68.2 cm³/mol. The van der Waals surface area contributed by atoms with Crippen LogP contribution in [-0.4, -0.2) is 38.4 Å². The van der Waals surface area contributed by atoms with Crippen LogP contribution in [0.4, 0.5) is 0 Å². The Morgan fingerprint density at radius 1 is 1.28 bits per heavy atom. The molecule has 0 saturated carbocycles. The second-order valence-corrected chi connectivity index (χ2v) is 3.75. The summed E-state index contributed by atoms with van der Waals surface area (Å²) in [5.41, 5.74) is 0.474. The molecule has 0 heterocycles. The summed E-state index contributed by atoms with van der Waals surface area (Å²) >= 11 is 0. The average molecular weight is 253 g/mol. The summed E-state index contributed by atoms with van der Waals surface area (Å²) in [6.45, 7) is 0.677. The maximum absolute atomic E-state index is 11.9. The van der Waals surface area contributed by atoms with Crippen LogP contribution in [0.1, 0.15) is 23.2 Å². The highest BCUT2D eigenvalue weighted by atomic mass is 16.5. The van der Waals surface area contributed by atoms with E-state index in [4.69, 9.17) is 14.6 Å². The second kappa shape index (κ2) is 7.55. The maximum Gasteiger partial charge on any atom is 0.255 e. The van der Waals surface area contributed by atoms with Crippen molar-refractivity contribution < 1.29 is 19.4 Å². The van der Waals surface area contributed by atoms with Crippen molar-refractivity contribution in [2.75, 3.05) is 27.4 Å². The highest BCUT2D eigenvalue weighted by Gasteiger charge is 2.12. The minimum atomic E-state index is -0.188. The van der Waals surface area contributed by atoms with Crippen LogP contribution in [0.5, 0.6) is 11.5 Å². The quantitative estimate of drug-likeness (QED) is 0.717. The molecule has 1 aromatic carbocycles. The number of ether oxygens (including phenoxy) is 2. The number of rotatable bonds is 7. The van der Waals surface area contributed by atoms with Crippen molar-refractivity contribution in [3.63, 3.8) is 0 Å². The molecule has 0 aliphatic carbocycles. The fourth-order valence-electron chi connectivity index (χ4n) is 1.52. The normalized spacial score (nSPS) is 9.94. The zero-order valence-electron chi connectivity index (χ0n) is 10.7. The van der Waals surface area contributed by atoms with Crippen molar-refractivity contribution in [2.45, 2.75) is 12.8 Å². The van der Waals surface area contributed by atoms with Crippen LogP contribution in [0, 0.1) is 0 Å². The minimum absolute atomic E-state index is 0.141. The van der Waals surface area contributed by atoms with Gasteiger partial charge in [0.15, 0.2) is 0 Å². The molecule has 5 nitrogen and oxygen atoms in total. The van der Waals surface area contributed by atoms with Crippen molar-refractivity contribution in [3.05, 3.63) is 23.8 Å². The Balaban J connectivity index is 2.66. The molecule has 18 heavy (non-hydrogen) atoms. The highest BCUT2D eigenvalue weighted by molar-refractivity contribution is 5.97. The largest absolute Gasteiger partial charge is 0.497 e. The number of nitrogens with one attached hydrogen (secondary N) is 1. The van der Waals surface area contributed by atoms with Crippen LogP contribution < -0.4 is 14.8 Å². The van der Waals surface area contributed by atoms with Crippen molar-refractivity contribution in [1.29, 1.82) is 0 Å². The SMILES string of the molecule is COc1ccc(C(=O)NCCCCO)c(OC)c1. The standard InChI is InChI=1S/C13H19NO4/c1-17-10-5-6-11(12(9-10)18-2)13(16)14-7-3-4-8-15/h5-6,9,15H,3-4,7-8H2,1-2H3,(H,14,16). The third-order valence-corrected chi connectivity index (χ3v) is 2.52.